The Morgan fingerprint density at radius 2 is 1.85 bits per heavy atom. The summed E-state index contributed by atoms with van der Waals surface area (Å²) in [7, 11) is 0. The number of amides is 1. The number of carbonyl (C=O) groups excluding carboxylic acids is 1. The number of rotatable bonds is 3. The van der Waals surface area contributed by atoms with Gasteiger partial charge in [0.2, 0.25) is 0 Å². The first kappa shape index (κ1) is 16.8. The molecular formula is C20H14F2N4O. The van der Waals surface area contributed by atoms with Crippen LogP contribution in [0.1, 0.15) is 15.9 Å². The number of aromatic nitrogens is 3. The van der Waals surface area contributed by atoms with Crippen molar-refractivity contribution in [2.45, 2.75) is 6.92 Å². The van der Waals surface area contributed by atoms with Crippen LogP contribution in [0.2, 0.25) is 0 Å². The number of benzene rings is 1. The lowest BCUT2D eigenvalue weighted by molar-refractivity contribution is 0.101. The second-order valence-corrected chi connectivity index (χ2v) is 6.02. The molecule has 0 aliphatic carbocycles. The van der Waals surface area contributed by atoms with Gasteiger partial charge in [0.1, 0.15) is 23.0 Å². The highest BCUT2D eigenvalue weighted by atomic mass is 19.1. The van der Waals surface area contributed by atoms with E-state index < -0.39 is 23.1 Å². The molecule has 0 atom stereocenters. The van der Waals surface area contributed by atoms with Crippen LogP contribution >= 0.6 is 0 Å². The zero-order valence-electron chi connectivity index (χ0n) is 14.3. The molecule has 5 nitrogen and oxygen atoms in total. The van der Waals surface area contributed by atoms with Crippen molar-refractivity contribution in [3.8, 4) is 11.1 Å². The molecule has 4 rings (SSSR count). The lowest BCUT2D eigenvalue weighted by Gasteiger charge is -2.10. The first-order valence-corrected chi connectivity index (χ1v) is 8.19. The molecule has 1 aromatic carbocycles. The van der Waals surface area contributed by atoms with Crippen LogP contribution in [0.3, 0.4) is 0 Å². The molecule has 0 aliphatic rings. The van der Waals surface area contributed by atoms with Crippen molar-refractivity contribution in [1.82, 2.24) is 14.6 Å². The molecule has 0 bridgehead atoms. The van der Waals surface area contributed by atoms with E-state index in [1.165, 1.54) is 6.07 Å². The minimum absolute atomic E-state index is 0.199. The fraction of sp³-hybridized carbons (Fsp3) is 0.0500. The van der Waals surface area contributed by atoms with Crippen molar-refractivity contribution in [3.05, 3.63) is 83.8 Å². The second-order valence-electron chi connectivity index (χ2n) is 6.02. The number of carbonyl (C=O) groups is 1. The van der Waals surface area contributed by atoms with Crippen molar-refractivity contribution in [2.24, 2.45) is 0 Å². The molecule has 0 spiro atoms. The van der Waals surface area contributed by atoms with Crippen molar-refractivity contribution < 1.29 is 13.6 Å². The second kappa shape index (κ2) is 6.60. The number of aryl methyl sites for hydroxylation is 1. The number of hydrogen-bond donors (Lipinski definition) is 1. The molecule has 0 fully saturated rings. The fourth-order valence-electron chi connectivity index (χ4n) is 2.98. The van der Waals surface area contributed by atoms with Crippen LogP contribution < -0.4 is 5.32 Å². The van der Waals surface area contributed by atoms with E-state index in [0.29, 0.717) is 0 Å². The maximum absolute atomic E-state index is 13.7. The molecule has 1 amide bonds. The average molecular weight is 364 g/mol. The Labute approximate surface area is 153 Å². The molecule has 0 radical (unpaired) electrons. The number of nitrogens with one attached hydrogen (secondary N) is 1. The summed E-state index contributed by atoms with van der Waals surface area (Å²) in [5.74, 6) is -2.54. The monoisotopic (exact) mass is 364 g/mol. The van der Waals surface area contributed by atoms with E-state index in [1.54, 1.807) is 29.0 Å². The molecule has 0 unspecified atom stereocenters. The van der Waals surface area contributed by atoms with Gasteiger partial charge < -0.3 is 5.32 Å². The van der Waals surface area contributed by atoms with Crippen molar-refractivity contribution >= 4 is 17.2 Å². The van der Waals surface area contributed by atoms with E-state index in [1.807, 2.05) is 25.3 Å². The predicted molar refractivity (Wildman–Crippen MR) is 97.5 cm³/mol. The lowest BCUT2D eigenvalue weighted by Crippen LogP contribution is -2.16. The van der Waals surface area contributed by atoms with Gasteiger partial charge in [-0.25, -0.2) is 18.3 Å². The summed E-state index contributed by atoms with van der Waals surface area (Å²) >= 11 is 0. The Hall–Kier alpha value is -3.61. The maximum atomic E-state index is 13.7. The zero-order valence-corrected chi connectivity index (χ0v) is 14.3. The van der Waals surface area contributed by atoms with Gasteiger partial charge in [0.05, 0.1) is 5.52 Å². The summed E-state index contributed by atoms with van der Waals surface area (Å²) in [6.07, 6.45) is 5.19. The van der Waals surface area contributed by atoms with E-state index in [4.69, 9.17) is 0 Å². The van der Waals surface area contributed by atoms with Gasteiger partial charge in [-0.2, -0.15) is 5.10 Å². The molecule has 134 valence electrons. The number of fused-ring (bicyclic) bond motifs is 1. The van der Waals surface area contributed by atoms with Gasteiger partial charge >= 0.3 is 0 Å². The third kappa shape index (κ3) is 3.03. The van der Waals surface area contributed by atoms with Gasteiger partial charge in [-0.05, 0) is 48.9 Å². The minimum Gasteiger partial charge on any atom is -0.306 e. The van der Waals surface area contributed by atoms with E-state index in [9.17, 15) is 13.6 Å². The van der Waals surface area contributed by atoms with E-state index in [2.05, 4.69) is 15.4 Å². The number of anilines is 1. The SMILES string of the molecule is Cc1ccn2nccc2c1-c1ccc(NC(=O)c2c(F)cccc2F)nc1. The molecule has 1 N–H and O–H groups in total. The summed E-state index contributed by atoms with van der Waals surface area (Å²) in [5, 5.41) is 6.64. The molecule has 0 saturated heterocycles. The molecule has 4 aromatic rings. The number of hydrogen-bond acceptors (Lipinski definition) is 3. The predicted octanol–water partition coefficient (Wildman–Crippen LogP) is 4.24. The lowest BCUT2D eigenvalue weighted by atomic mass is 10.0. The summed E-state index contributed by atoms with van der Waals surface area (Å²) in [5.41, 5.74) is 3.16. The quantitative estimate of drug-likeness (QED) is 0.592. The van der Waals surface area contributed by atoms with Crippen LogP contribution in [0.5, 0.6) is 0 Å². The first-order valence-electron chi connectivity index (χ1n) is 8.19. The largest absolute Gasteiger partial charge is 0.306 e. The first-order chi connectivity index (χ1) is 13.0. The average Bonchev–Trinajstić information content (AvgIpc) is 3.11. The number of halogens is 2. The molecular weight excluding hydrogens is 350 g/mol. The van der Waals surface area contributed by atoms with Crippen LogP contribution in [-0.2, 0) is 0 Å². The smallest absolute Gasteiger partial charge is 0.262 e. The van der Waals surface area contributed by atoms with Gasteiger partial charge in [0.15, 0.2) is 0 Å². The van der Waals surface area contributed by atoms with Crippen LogP contribution in [0, 0.1) is 18.6 Å². The fourth-order valence-corrected chi connectivity index (χ4v) is 2.98. The third-order valence-electron chi connectivity index (χ3n) is 4.27. The van der Waals surface area contributed by atoms with Crippen molar-refractivity contribution in [3.63, 3.8) is 0 Å². The Morgan fingerprint density at radius 1 is 1.07 bits per heavy atom. The summed E-state index contributed by atoms with van der Waals surface area (Å²) in [4.78, 5) is 16.4. The van der Waals surface area contributed by atoms with Gasteiger partial charge in [-0.15, -0.1) is 0 Å². The van der Waals surface area contributed by atoms with Crippen LogP contribution in [-0.4, -0.2) is 20.5 Å². The highest BCUT2D eigenvalue weighted by molar-refractivity contribution is 6.04. The molecule has 3 heterocycles. The number of nitrogens with zero attached hydrogens (tertiary/aromatic N) is 3. The topological polar surface area (TPSA) is 59.3 Å². The Balaban J connectivity index is 1.64. The van der Waals surface area contributed by atoms with E-state index in [0.717, 1.165) is 34.3 Å². The summed E-state index contributed by atoms with van der Waals surface area (Å²) in [6, 6.07) is 10.5. The van der Waals surface area contributed by atoms with Crippen molar-refractivity contribution in [2.75, 3.05) is 5.32 Å². The van der Waals surface area contributed by atoms with Gasteiger partial charge in [0.25, 0.3) is 5.91 Å². The van der Waals surface area contributed by atoms with Gasteiger partial charge in [0, 0.05) is 29.7 Å². The highest BCUT2D eigenvalue weighted by Gasteiger charge is 2.17. The Kier molecular flexibility index (Phi) is 4.12. The van der Waals surface area contributed by atoms with E-state index in [-0.39, 0.29) is 5.82 Å². The minimum atomic E-state index is -0.924. The highest BCUT2D eigenvalue weighted by Crippen LogP contribution is 2.28. The van der Waals surface area contributed by atoms with Gasteiger partial charge in [-0.3, -0.25) is 4.79 Å². The zero-order chi connectivity index (χ0) is 19.0. The van der Waals surface area contributed by atoms with E-state index >= 15 is 0 Å². The normalized spacial score (nSPS) is 10.9. The summed E-state index contributed by atoms with van der Waals surface area (Å²) in [6.45, 7) is 1.99. The molecule has 0 saturated carbocycles. The Bertz CT molecular complexity index is 1130. The standard InChI is InChI=1S/C20H14F2N4O/c1-12-8-10-26-16(7-9-24-26)18(12)13-5-6-17(23-11-13)25-20(27)19-14(21)3-2-4-15(19)22/h2-11H,1H3,(H,23,25,27). The molecule has 3 aromatic heterocycles. The van der Waals surface area contributed by atoms with Gasteiger partial charge in [-0.1, -0.05) is 6.07 Å². The van der Waals surface area contributed by atoms with Crippen LogP contribution in [0.4, 0.5) is 14.6 Å². The van der Waals surface area contributed by atoms with Crippen molar-refractivity contribution in [1.29, 1.82) is 0 Å². The third-order valence-corrected chi connectivity index (χ3v) is 4.27. The maximum Gasteiger partial charge on any atom is 0.262 e. The molecule has 7 heteroatoms. The molecule has 0 aliphatic heterocycles. The Morgan fingerprint density at radius 3 is 2.56 bits per heavy atom. The van der Waals surface area contributed by atoms with Crippen LogP contribution in [0.25, 0.3) is 16.6 Å². The summed E-state index contributed by atoms with van der Waals surface area (Å²) < 4.78 is 29.2. The number of pyridine rings is 2. The molecule has 27 heavy (non-hydrogen) atoms. The van der Waals surface area contributed by atoms with Crippen LogP contribution in [0.15, 0.2) is 61.1 Å².